The Balaban J connectivity index is 1.63. The van der Waals surface area contributed by atoms with Crippen molar-refractivity contribution in [2.45, 2.75) is 19.6 Å². The van der Waals surface area contributed by atoms with E-state index in [1.807, 2.05) is 36.1 Å². The maximum Gasteiger partial charge on any atom is 0.241 e. The number of likely N-dealkylation sites (tertiary alicyclic amines) is 1. The minimum absolute atomic E-state index is 0.0733. The Hall–Kier alpha value is -1.81. The average Bonchev–Trinajstić information content (AvgIpc) is 3.15. The van der Waals surface area contributed by atoms with E-state index in [0.717, 1.165) is 11.1 Å². The number of aliphatic hydroxyl groups excluding tert-OH is 1. The van der Waals surface area contributed by atoms with Crippen molar-refractivity contribution in [2.75, 3.05) is 32.9 Å². The lowest BCUT2D eigenvalue weighted by Crippen LogP contribution is -2.33. The SMILES string of the molecule is Cc1ccc(-c2noc(CN3C[C@@H](CS(=O)(=O)N(C)C)[C@@H](O)C3)n2)cc1. The molecule has 0 bridgehead atoms. The van der Waals surface area contributed by atoms with E-state index in [1.165, 1.54) is 18.4 Å². The smallest absolute Gasteiger partial charge is 0.241 e. The molecule has 0 aliphatic carbocycles. The zero-order chi connectivity index (χ0) is 18.9. The Morgan fingerprint density at radius 3 is 2.62 bits per heavy atom. The Labute approximate surface area is 153 Å². The highest BCUT2D eigenvalue weighted by Gasteiger charge is 2.35. The topological polar surface area (TPSA) is 99.8 Å². The fourth-order valence-electron chi connectivity index (χ4n) is 2.98. The number of sulfonamides is 1. The van der Waals surface area contributed by atoms with Gasteiger partial charge in [0.15, 0.2) is 0 Å². The van der Waals surface area contributed by atoms with E-state index in [4.69, 9.17) is 4.52 Å². The highest BCUT2D eigenvalue weighted by molar-refractivity contribution is 7.89. The maximum atomic E-state index is 12.0. The van der Waals surface area contributed by atoms with Crippen molar-refractivity contribution < 1.29 is 18.0 Å². The largest absolute Gasteiger partial charge is 0.391 e. The second-order valence-corrected chi connectivity index (χ2v) is 9.19. The van der Waals surface area contributed by atoms with Gasteiger partial charge < -0.3 is 9.63 Å². The number of aryl methyl sites for hydroxylation is 1. The maximum absolute atomic E-state index is 12.0. The zero-order valence-electron chi connectivity index (χ0n) is 15.2. The van der Waals surface area contributed by atoms with Crippen molar-refractivity contribution >= 4 is 10.0 Å². The average molecular weight is 380 g/mol. The first-order valence-electron chi connectivity index (χ1n) is 8.45. The predicted octanol–water partition coefficient (Wildman–Crippen LogP) is 0.729. The van der Waals surface area contributed by atoms with Crippen molar-refractivity contribution in [3.05, 3.63) is 35.7 Å². The molecule has 0 saturated carbocycles. The molecular formula is C17H24N4O4S. The highest BCUT2D eigenvalue weighted by Crippen LogP contribution is 2.22. The summed E-state index contributed by atoms with van der Waals surface area (Å²) in [6.45, 7) is 3.25. The third-order valence-corrected chi connectivity index (χ3v) is 6.56. The lowest BCUT2D eigenvalue weighted by Gasteiger charge is -2.17. The van der Waals surface area contributed by atoms with Crippen molar-refractivity contribution in [2.24, 2.45) is 5.92 Å². The van der Waals surface area contributed by atoms with Crippen LogP contribution < -0.4 is 0 Å². The Kier molecular flexibility index (Phi) is 5.42. The number of aliphatic hydroxyl groups is 1. The summed E-state index contributed by atoms with van der Waals surface area (Å²) in [7, 11) is -0.352. The fraction of sp³-hybridized carbons (Fsp3) is 0.529. The van der Waals surface area contributed by atoms with Crippen molar-refractivity contribution in [3.8, 4) is 11.4 Å². The van der Waals surface area contributed by atoms with Crippen LogP contribution >= 0.6 is 0 Å². The molecule has 2 heterocycles. The van der Waals surface area contributed by atoms with Gasteiger partial charge in [0.1, 0.15) is 0 Å². The summed E-state index contributed by atoms with van der Waals surface area (Å²) in [6, 6.07) is 7.84. The normalized spacial score (nSPS) is 21.6. The minimum atomic E-state index is -3.35. The molecular weight excluding hydrogens is 356 g/mol. The van der Waals surface area contributed by atoms with Gasteiger partial charge >= 0.3 is 0 Å². The molecule has 1 aromatic heterocycles. The number of β-amino-alcohol motifs (C(OH)–C–C–N with tert-alkyl or cyclic N) is 1. The van der Waals surface area contributed by atoms with Crippen LogP contribution in [0.25, 0.3) is 11.4 Å². The third kappa shape index (κ3) is 4.29. The van der Waals surface area contributed by atoms with Gasteiger partial charge in [-0.2, -0.15) is 4.98 Å². The molecule has 1 saturated heterocycles. The summed E-state index contributed by atoms with van der Waals surface area (Å²) in [4.78, 5) is 6.34. The van der Waals surface area contributed by atoms with Crippen molar-refractivity contribution in [1.82, 2.24) is 19.3 Å². The van der Waals surface area contributed by atoms with E-state index in [9.17, 15) is 13.5 Å². The van der Waals surface area contributed by atoms with Crippen LogP contribution in [0.5, 0.6) is 0 Å². The van der Waals surface area contributed by atoms with Crippen LogP contribution in [-0.2, 0) is 16.6 Å². The standard InChI is InChI=1S/C17H24N4O4S/c1-12-4-6-13(7-5-12)17-18-16(25-19-17)10-21-8-14(15(22)9-21)11-26(23,24)20(2)3/h4-7,14-15,22H,8-11H2,1-3H3/t14-,15-/m0/s1. The van der Waals surface area contributed by atoms with Gasteiger partial charge in [-0.1, -0.05) is 35.0 Å². The third-order valence-electron chi connectivity index (χ3n) is 4.60. The van der Waals surface area contributed by atoms with Gasteiger partial charge in [-0.15, -0.1) is 0 Å². The molecule has 0 radical (unpaired) electrons. The molecule has 0 unspecified atom stereocenters. The number of nitrogens with zero attached hydrogens (tertiary/aromatic N) is 4. The van der Waals surface area contributed by atoms with E-state index in [0.29, 0.717) is 31.3 Å². The molecule has 1 aliphatic heterocycles. The Bertz CT molecular complexity index is 848. The molecule has 1 aliphatic rings. The number of aromatic nitrogens is 2. The van der Waals surface area contributed by atoms with E-state index in [-0.39, 0.29) is 11.7 Å². The van der Waals surface area contributed by atoms with Crippen LogP contribution in [0.1, 0.15) is 11.5 Å². The molecule has 1 N–H and O–H groups in total. The van der Waals surface area contributed by atoms with Gasteiger partial charge in [-0.25, -0.2) is 12.7 Å². The van der Waals surface area contributed by atoms with Crippen molar-refractivity contribution in [3.63, 3.8) is 0 Å². The lowest BCUT2D eigenvalue weighted by molar-refractivity contribution is 0.146. The molecule has 2 aromatic rings. The fourth-order valence-corrected chi connectivity index (χ4v) is 4.15. The quantitative estimate of drug-likeness (QED) is 0.788. The van der Waals surface area contributed by atoms with Gasteiger partial charge in [-0.3, -0.25) is 4.90 Å². The van der Waals surface area contributed by atoms with Crippen molar-refractivity contribution in [1.29, 1.82) is 0 Å². The highest BCUT2D eigenvalue weighted by atomic mass is 32.2. The van der Waals surface area contributed by atoms with Crippen LogP contribution in [0.2, 0.25) is 0 Å². The van der Waals surface area contributed by atoms with Crippen LogP contribution in [-0.4, -0.2) is 71.9 Å². The van der Waals surface area contributed by atoms with E-state index in [2.05, 4.69) is 10.1 Å². The molecule has 26 heavy (non-hydrogen) atoms. The van der Waals surface area contributed by atoms with Gasteiger partial charge in [0, 0.05) is 38.7 Å². The summed E-state index contributed by atoms with van der Waals surface area (Å²) in [5, 5.41) is 14.2. The van der Waals surface area contributed by atoms with Crippen LogP contribution in [0, 0.1) is 12.8 Å². The number of rotatable bonds is 6. The minimum Gasteiger partial charge on any atom is -0.391 e. The molecule has 0 spiro atoms. The van der Waals surface area contributed by atoms with Crippen LogP contribution in [0.15, 0.2) is 28.8 Å². The second-order valence-electron chi connectivity index (χ2n) is 6.96. The Morgan fingerprint density at radius 1 is 1.27 bits per heavy atom. The second kappa shape index (κ2) is 7.43. The van der Waals surface area contributed by atoms with Gasteiger partial charge in [-0.05, 0) is 6.92 Å². The molecule has 1 fully saturated rings. The van der Waals surface area contributed by atoms with Gasteiger partial charge in [0.25, 0.3) is 0 Å². The number of hydrogen-bond donors (Lipinski definition) is 1. The van der Waals surface area contributed by atoms with E-state index >= 15 is 0 Å². The number of hydrogen-bond acceptors (Lipinski definition) is 7. The monoisotopic (exact) mass is 380 g/mol. The first kappa shape index (κ1) is 19.0. The Morgan fingerprint density at radius 2 is 1.96 bits per heavy atom. The first-order valence-corrected chi connectivity index (χ1v) is 10.1. The summed E-state index contributed by atoms with van der Waals surface area (Å²) >= 11 is 0. The molecule has 142 valence electrons. The van der Waals surface area contributed by atoms with E-state index in [1.54, 1.807) is 0 Å². The predicted molar refractivity (Wildman–Crippen MR) is 96.7 cm³/mol. The molecule has 0 amide bonds. The molecule has 3 rings (SSSR count). The molecule has 2 atom stereocenters. The summed E-state index contributed by atoms with van der Waals surface area (Å²) in [5.41, 5.74) is 2.03. The first-order chi connectivity index (χ1) is 12.2. The van der Waals surface area contributed by atoms with Crippen LogP contribution in [0.4, 0.5) is 0 Å². The zero-order valence-corrected chi connectivity index (χ0v) is 16.0. The summed E-state index contributed by atoms with van der Waals surface area (Å²) < 4.78 is 30.6. The molecule has 9 heteroatoms. The summed E-state index contributed by atoms with van der Waals surface area (Å²) in [6.07, 6.45) is -0.691. The number of benzene rings is 1. The van der Waals surface area contributed by atoms with Crippen LogP contribution in [0.3, 0.4) is 0 Å². The molecule has 1 aromatic carbocycles. The molecule has 8 nitrogen and oxygen atoms in total. The van der Waals surface area contributed by atoms with E-state index < -0.39 is 16.1 Å². The summed E-state index contributed by atoms with van der Waals surface area (Å²) in [5.74, 6) is 0.563. The van der Waals surface area contributed by atoms with Gasteiger partial charge in [0.2, 0.25) is 21.7 Å². The lowest BCUT2D eigenvalue weighted by atomic mass is 10.1. The van der Waals surface area contributed by atoms with Gasteiger partial charge in [0.05, 0.1) is 18.4 Å².